The van der Waals surface area contributed by atoms with Gasteiger partial charge in [-0.3, -0.25) is 0 Å². The Balaban J connectivity index is 1.79. The van der Waals surface area contributed by atoms with E-state index in [1.54, 1.807) is 0 Å². The summed E-state index contributed by atoms with van der Waals surface area (Å²) >= 11 is 0. The minimum Gasteiger partial charge on any atom is -0.320 e. The average Bonchev–Trinajstić information content (AvgIpc) is 2.94. The number of hydrogen-bond donors (Lipinski definition) is 1. The van der Waals surface area contributed by atoms with Crippen LogP contribution in [0.1, 0.15) is 65.2 Å². The molecule has 0 radical (unpaired) electrons. The maximum atomic E-state index is 3.22. The van der Waals surface area contributed by atoms with Crippen LogP contribution in [0.4, 0.5) is 0 Å². The van der Waals surface area contributed by atoms with Crippen LogP contribution >= 0.6 is 0 Å². The lowest BCUT2D eigenvalue weighted by Crippen LogP contribution is -2.09. The SMILES string of the molecule is CNCCCC(C)CCCCCC1CC1C. The van der Waals surface area contributed by atoms with Gasteiger partial charge in [-0.25, -0.2) is 0 Å². The van der Waals surface area contributed by atoms with Crippen LogP contribution in [0.5, 0.6) is 0 Å². The van der Waals surface area contributed by atoms with Crippen molar-refractivity contribution >= 4 is 0 Å². The zero-order valence-corrected chi connectivity index (χ0v) is 11.6. The van der Waals surface area contributed by atoms with Gasteiger partial charge in [-0.2, -0.15) is 0 Å². The molecule has 0 spiro atoms. The van der Waals surface area contributed by atoms with E-state index in [-0.39, 0.29) is 0 Å². The zero-order chi connectivity index (χ0) is 11.8. The van der Waals surface area contributed by atoms with Crippen molar-refractivity contribution in [2.45, 2.75) is 65.2 Å². The molecule has 0 saturated heterocycles. The van der Waals surface area contributed by atoms with Crippen molar-refractivity contribution < 1.29 is 0 Å². The predicted molar refractivity (Wildman–Crippen MR) is 72.7 cm³/mol. The third-order valence-corrected chi connectivity index (χ3v) is 4.17. The van der Waals surface area contributed by atoms with Gasteiger partial charge in [0.25, 0.3) is 0 Å². The van der Waals surface area contributed by atoms with Gasteiger partial charge in [0.15, 0.2) is 0 Å². The van der Waals surface area contributed by atoms with Crippen molar-refractivity contribution in [3.8, 4) is 0 Å². The predicted octanol–water partition coefficient (Wildman–Crippen LogP) is 4.23. The fourth-order valence-electron chi connectivity index (χ4n) is 2.65. The van der Waals surface area contributed by atoms with E-state index in [9.17, 15) is 0 Å². The van der Waals surface area contributed by atoms with E-state index in [2.05, 4.69) is 19.2 Å². The molecule has 0 bridgehead atoms. The Morgan fingerprint density at radius 3 is 2.44 bits per heavy atom. The standard InChI is InChI=1S/C15H31N/c1-13(9-7-11-16-3)8-5-4-6-10-15-12-14(15)2/h13-16H,4-12H2,1-3H3. The maximum absolute atomic E-state index is 3.22. The Kier molecular flexibility index (Phi) is 7.11. The van der Waals surface area contributed by atoms with Crippen molar-refractivity contribution in [2.24, 2.45) is 17.8 Å². The summed E-state index contributed by atoms with van der Waals surface area (Å²) in [6.07, 6.45) is 11.6. The van der Waals surface area contributed by atoms with Crippen molar-refractivity contribution in [1.29, 1.82) is 0 Å². The summed E-state index contributed by atoms with van der Waals surface area (Å²) in [5.74, 6) is 3.10. The van der Waals surface area contributed by atoms with Crippen LogP contribution < -0.4 is 5.32 Å². The molecule has 1 saturated carbocycles. The topological polar surface area (TPSA) is 12.0 Å². The van der Waals surface area contributed by atoms with Crippen molar-refractivity contribution in [3.05, 3.63) is 0 Å². The molecule has 96 valence electrons. The quantitative estimate of drug-likeness (QED) is 0.549. The lowest BCUT2D eigenvalue weighted by Gasteiger charge is -2.10. The molecule has 0 aromatic carbocycles. The Morgan fingerprint density at radius 2 is 1.81 bits per heavy atom. The smallest absolute Gasteiger partial charge is 0.00518 e. The summed E-state index contributed by atoms with van der Waals surface area (Å²) in [6.45, 7) is 6.00. The lowest BCUT2D eigenvalue weighted by molar-refractivity contribution is 0.439. The third-order valence-electron chi connectivity index (χ3n) is 4.17. The van der Waals surface area contributed by atoms with Gasteiger partial charge < -0.3 is 5.32 Å². The van der Waals surface area contributed by atoms with E-state index in [0.717, 1.165) is 17.8 Å². The highest BCUT2D eigenvalue weighted by Crippen LogP contribution is 2.41. The van der Waals surface area contributed by atoms with E-state index in [1.165, 1.54) is 57.9 Å². The molecule has 1 aliphatic rings. The fourth-order valence-corrected chi connectivity index (χ4v) is 2.65. The van der Waals surface area contributed by atoms with Crippen LogP contribution in [0.15, 0.2) is 0 Å². The molecule has 1 nitrogen and oxygen atoms in total. The minimum atomic E-state index is 0.938. The van der Waals surface area contributed by atoms with E-state index in [1.807, 2.05) is 7.05 Å². The van der Waals surface area contributed by atoms with Gasteiger partial charge in [0.1, 0.15) is 0 Å². The van der Waals surface area contributed by atoms with Gasteiger partial charge in [-0.05, 0) is 50.6 Å². The molecule has 1 N–H and O–H groups in total. The first-order chi connectivity index (χ1) is 7.74. The van der Waals surface area contributed by atoms with Crippen LogP contribution in [0.3, 0.4) is 0 Å². The van der Waals surface area contributed by atoms with E-state index in [0.29, 0.717) is 0 Å². The molecule has 0 heterocycles. The average molecular weight is 225 g/mol. The number of hydrogen-bond acceptors (Lipinski definition) is 1. The molecular formula is C15H31N. The molecule has 1 heteroatoms. The molecule has 16 heavy (non-hydrogen) atoms. The third kappa shape index (κ3) is 6.52. The second kappa shape index (κ2) is 8.11. The largest absolute Gasteiger partial charge is 0.320 e. The number of unbranched alkanes of at least 4 members (excludes halogenated alkanes) is 2. The first-order valence-electron chi connectivity index (χ1n) is 7.38. The molecular weight excluding hydrogens is 194 g/mol. The lowest BCUT2D eigenvalue weighted by atomic mass is 9.97. The summed E-state index contributed by atoms with van der Waals surface area (Å²) in [7, 11) is 2.05. The Labute approximate surface area is 102 Å². The first kappa shape index (κ1) is 14.0. The van der Waals surface area contributed by atoms with Gasteiger partial charge in [0.05, 0.1) is 0 Å². The Morgan fingerprint density at radius 1 is 1.12 bits per heavy atom. The molecule has 3 atom stereocenters. The molecule has 1 fully saturated rings. The number of rotatable bonds is 10. The minimum absolute atomic E-state index is 0.938. The Hall–Kier alpha value is -0.0400. The molecule has 0 aliphatic heterocycles. The summed E-state index contributed by atoms with van der Waals surface area (Å²) in [4.78, 5) is 0. The molecule has 0 aromatic rings. The van der Waals surface area contributed by atoms with Crippen molar-refractivity contribution in [3.63, 3.8) is 0 Å². The van der Waals surface area contributed by atoms with Crippen LogP contribution in [-0.2, 0) is 0 Å². The fraction of sp³-hybridized carbons (Fsp3) is 1.00. The Bertz CT molecular complexity index is 167. The van der Waals surface area contributed by atoms with Gasteiger partial charge in [0, 0.05) is 0 Å². The summed E-state index contributed by atoms with van der Waals surface area (Å²) in [5, 5.41) is 3.22. The second-order valence-electron chi connectivity index (χ2n) is 5.96. The second-order valence-corrected chi connectivity index (χ2v) is 5.96. The molecule has 0 amide bonds. The van der Waals surface area contributed by atoms with E-state index >= 15 is 0 Å². The highest BCUT2D eigenvalue weighted by Gasteiger charge is 2.31. The van der Waals surface area contributed by atoms with Crippen LogP contribution in [0.2, 0.25) is 0 Å². The monoisotopic (exact) mass is 225 g/mol. The normalized spacial score (nSPS) is 25.7. The number of nitrogens with one attached hydrogen (secondary N) is 1. The molecule has 1 rings (SSSR count). The van der Waals surface area contributed by atoms with Crippen LogP contribution in [-0.4, -0.2) is 13.6 Å². The summed E-state index contributed by atoms with van der Waals surface area (Å²) in [5.41, 5.74) is 0. The van der Waals surface area contributed by atoms with Gasteiger partial charge in [-0.15, -0.1) is 0 Å². The van der Waals surface area contributed by atoms with Gasteiger partial charge >= 0.3 is 0 Å². The zero-order valence-electron chi connectivity index (χ0n) is 11.6. The first-order valence-corrected chi connectivity index (χ1v) is 7.38. The molecule has 0 aromatic heterocycles. The highest BCUT2D eigenvalue weighted by molar-refractivity contribution is 4.81. The summed E-state index contributed by atoms with van der Waals surface area (Å²) in [6, 6.07) is 0. The van der Waals surface area contributed by atoms with Crippen molar-refractivity contribution in [1.82, 2.24) is 5.32 Å². The van der Waals surface area contributed by atoms with E-state index in [4.69, 9.17) is 0 Å². The van der Waals surface area contributed by atoms with Gasteiger partial charge in [-0.1, -0.05) is 46.0 Å². The summed E-state index contributed by atoms with van der Waals surface area (Å²) < 4.78 is 0. The van der Waals surface area contributed by atoms with Crippen LogP contribution in [0, 0.1) is 17.8 Å². The van der Waals surface area contributed by atoms with E-state index < -0.39 is 0 Å². The van der Waals surface area contributed by atoms with Crippen LogP contribution in [0.25, 0.3) is 0 Å². The molecule has 3 unspecified atom stereocenters. The van der Waals surface area contributed by atoms with Gasteiger partial charge in [0.2, 0.25) is 0 Å². The highest BCUT2D eigenvalue weighted by atomic mass is 14.8. The van der Waals surface area contributed by atoms with Crippen molar-refractivity contribution in [2.75, 3.05) is 13.6 Å². The maximum Gasteiger partial charge on any atom is -0.00518 e. The molecule has 1 aliphatic carbocycles.